The second-order valence-corrected chi connectivity index (χ2v) is 8.31. The minimum absolute atomic E-state index is 0.0690. The van der Waals surface area contributed by atoms with Gasteiger partial charge in [-0.2, -0.15) is 0 Å². The molecule has 4 rings (SSSR count). The Hall–Kier alpha value is -3.60. The van der Waals surface area contributed by atoms with E-state index in [2.05, 4.69) is 5.32 Å². The average molecular weight is 414 g/mol. The lowest BCUT2D eigenvalue weighted by atomic mass is 9.75. The lowest BCUT2D eigenvalue weighted by Gasteiger charge is -2.50. The first kappa shape index (κ1) is 20.7. The lowest BCUT2D eigenvalue weighted by molar-refractivity contribution is -0.137. The van der Waals surface area contributed by atoms with Gasteiger partial charge in [0.25, 0.3) is 5.91 Å². The number of hydrogen-bond acceptors (Lipinski definition) is 3. The number of aryl methyl sites for hydroxylation is 2. The third-order valence-electron chi connectivity index (χ3n) is 5.96. The van der Waals surface area contributed by atoms with Gasteiger partial charge in [-0.15, -0.1) is 0 Å². The molecule has 5 heteroatoms. The van der Waals surface area contributed by atoms with Gasteiger partial charge < -0.3 is 10.2 Å². The minimum atomic E-state index is -1.10. The summed E-state index contributed by atoms with van der Waals surface area (Å²) in [5.41, 5.74) is 4.27. The van der Waals surface area contributed by atoms with Crippen LogP contribution in [0.2, 0.25) is 0 Å². The molecule has 1 heterocycles. The van der Waals surface area contributed by atoms with Crippen molar-refractivity contribution < 1.29 is 9.59 Å². The molecule has 0 aliphatic carbocycles. The quantitative estimate of drug-likeness (QED) is 0.620. The maximum Gasteiger partial charge on any atom is 0.255 e. The van der Waals surface area contributed by atoms with E-state index in [1.807, 2.05) is 106 Å². The normalized spacial score (nSPS) is 17.8. The van der Waals surface area contributed by atoms with Crippen molar-refractivity contribution in [2.75, 3.05) is 29.2 Å². The summed E-state index contributed by atoms with van der Waals surface area (Å²) in [6, 6.07) is 23.2. The number of amides is 2. The first-order valence-electron chi connectivity index (χ1n) is 10.4. The Morgan fingerprint density at radius 1 is 0.935 bits per heavy atom. The molecule has 2 amide bonds. The summed E-state index contributed by atoms with van der Waals surface area (Å²) in [6.07, 6.45) is 0.125. The number of hydrogen-bond donors (Lipinski definition) is 1. The van der Waals surface area contributed by atoms with E-state index < -0.39 is 5.54 Å². The van der Waals surface area contributed by atoms with Crippen molar-refractivity contribution in [1.29, 1.82) is 0 Å². The molecule has 1 atom stereocenters. The Balaban J connectivity index is 1.80. The van der Waals surface area contributed by atoms with E-state index in [1.165, 1.54) is 0 Å². The van der Waals surface area contributed by atoms with Crippen LogP contribution in [-0.2, 0) is 15.1 Å². The number of β-lactam (4-membered cyclic amide) rings is 1. The Kier molecular flexibility index (Phi) is 5.27. The van der Waals surface area contributed by atoms with Crippen molar-refractivity contribution >= 4 is 28.9 Å². The molecule has 1 aliphatic rings. The Morgan fingerprint density at radius 3 is 2.16 bits per heavy atom. The van der Waals surface area contributed by atoms with Gasteiger partial charge in [0.1, 0.15) is 0 Å². The van der Waals surface area contributed by atoms with E-state index in [0.717, 1.165) is 33.8 Å². The molecule has 3 aromatic carbocycles. The molecule has 31 heavy (non-hydrogen) atoms. The predicted molar refractivity (Wildman–Crippen MR) is 126 cm³/mol. The van der Waals surface area contributed by atoms with Crippen molar-refractivity contribution in [1.82, 2.24) is 0 Å². The minimum Gasteiger partial charge on any atom is -0.378 e. The summed E-state index contributed by atoms with van der Waals surface area (Å²) < 4.78 is 0. The van der Waals surface area contributed by atoms with Crippen molar-refractivity contribution in [3.8, 4) is 0 Å². The lowest BCUT2D eigenvalue weighted by Crippen LogP contribution is -2.67. The van der Waals surface area contributed by atoms with E-state index in [9.17, 15) is 9.59 Å². The molecule has 1 N–H and O–H groups in total. The van der Waals surface area contributed by atoms with Gasteiger partial charge in [0.15, 0.2) is 5.54 Å². The third kappa shape index (κ3) is 3.56. The number of carbonyl (C=O) groups is 2. The van der Waals surface area contributed by atoms with E-state index in [-0.39, 0.29) is 18.2 Å². The second-order valence-electron chi connectivity index (χ2n) is 8.31. The maximum absolute atomic E-state index is 13.8. The molecular formula is C26H27N3O2. The number of rotatable bonds is 5. The van der Waals surface area contributed by atoms with Crippen LogP contribution in [0.3, 0.4) is 0 Å². The van der Waals surface area contributed by atoms with Crippen LogP contribution in [0.25, 0.3) is 0 Å². The van der Waals surface area contributed by atoms with Crippen LogP contribution in [-0.4, -0.2) is 25.9 Å². The Morgan fingerprint density at radius 2 is 1.58 bits per heavy atom. The highest BCUT2D eigenvalue weighted by molar-refractivity contribution is 6.17. The monoisotopic (exact) mass is 413 g/mol. The van der Waals surface area contributed by atoms with E-state index in [0.29, 0.717) is 0 Å². The Bertz CT molecular complexity index is 1120. The van der Waals surface area contributed by atoms with Crippen LogP contribution in [0.1, 0.15) is 23.1 Å². The van der Waals surface area contributed by atoms with Crippen molar-refractivity contribution in [2.24, 2.45) is 0 Å². The molecule has 0 aromatic heterocycles. The van der Waals surface area contributed by atoms with Crippen LogP contribution in [0.4, 0.5) is 17.1 Å². The topological polar surface area (TPSA) is 52.7 Å². The number of nitrogens with one attached hydrogen (secondary N) is 1. The molecule has 0 unspecified atom stereocenters. The predicted octanol–water partition coefficient (Wildman–Crippen LogP) is 4.64. The molecule has 5 nitrogen and oxygen atoms in total. The molecule has 158 valence electrons. The zero-order valence-corrected chi connectivity index (χ0v) is 18.3. The summed E-state index contributed by atoms with van der Waals surface area (Å²) in [5, 5.41) is 3.08. The molecule has 1 saturated heterocycles. The smallest absolute Gasteiger partial charge is 0.255 e. The van der Waals surface area contributed by atoms with Gasteiger partial charge in [0.05, 0.1) is 6.42 Å². The van der Waals surface area contributed by atoms with Crippen LogP contribution in [0.15, 0.2) is 72.8 Å². The number of para-hydroxylation sites is 1. The first-order valence-corrected chi connectivity index (χ1v) is 10.4. The fourth-order valence-corrected chi connectivity index (χ4v) is 4.08. The fourth-order valence-electron chi connectivity index (χ4n) is 4.08. The van der Waals surface area contributed by atoms with Crippen molar-refractivity contribution in [2.45, 2.75) is 25.8 Å². The molecule has 3 aromatic rings. The molecule has 1 fully saturated rings. The molecule has 1 aliphatic heterocycles. The molecule has 0 spiro atoms. The molecule has 0 bridgehead atoms. The van der Waals surface area contributed by atoms with E-state index in [1.54, 1.807) is 4.90 Å². The number of carbonyl (C=O) groups excluding carboxylic acids is 2. The average Bonchev–Trinajstić information content (AvgIpc) is 2.75. The summed E-state index contributed by atoms with van der Waals surface area (Å²) in [5.74, 6) is -0.278. The van der Waals surface area contributed by atoms with Crippen LogP contribution in [0.5, 0.6) is 0 Å². The number of benzene rings is 3. The summed E-state index contributed by atoms with van der Waals surface area (Å²) in [7, 11) is 3.95. The summed E-state index contributed by atoms with van der Waals surface area (Å²) in [4.78, 5) is 30.2. The highest BCUT2D eigenvalue weighted by Crippen LogP contribution is 2.46. The van der Waals surface area contributed by atoms with Gasteiger partial charge in [-0.1, -0.05) is 48.0 Å². The number of anilines is 3. The fraction of sp³-hybridized carbons (Fsp3) is 0.231. The van der Waals surface area contributed by atoms with Crippen LogP contribution >= 0.6 is 0 Å². The van der Waals surface area contributed by atoms with Gasteiger partial charge in [-0.05, 0) is 55.3 Å². The molecule has 0 radical (unpaired) electrons. The maximum atomic E-state index is 13.8. The first-order chi connectivity index (χ1) is 14.8. The highest BCUT2D eigenvalue weighted by atomic mass is 16.2. The SMILES string of the molecule is Cc1ccc(N2C(=O)C[C@@]2(C(=O)Nc2ccccc2C)c2ccc(N(C)C)cc2)cc1. The highest BCUT2D eigenvalue weighted by Gasteiger charge is 2.58. The zero-order chi connectivity index (χ0) is 22.2. The standard InChI is InChI=1S/C26H27N3O2/c1-18-9-13-22(14-10-18)29-24(30)17-26(29,20-11-15-21(16-12-20)28(3)4)25(31)27-23-8-6-5-7-19(23)2/h5-16H,17H2,1-4H3,(H,27,31)/t26-/m0/s1. The summed E-state index contributed by atoms with van der Waals surface area (Å²) >= 11 is 0. The van der Waals surface area contributed by atoms with Crippen LogP contribution in [0, 0.1) is 13.8 Å². The van der Waals surface area contributed by atoms with Crippen LogP contribution < -0.4 is 15.1 Å². The van der Waals surface area contributed by atoms with Gasteiger partial charge >= 0.3 is 0 Å². The van der Waals surface area contributed by atoms with Gasteiger partial charge in [-0.25, -0.2) is 0 Å². The van der Waals surface area contributed by atoms with Gasteiger partial charge in [0.2, 0.25) is 5.91 Å². The molecular weight excluding hydrogens is 386 g/mol. The Labute approximate surface area is 183 Å². The van der Waals surface area contributed by atoms with E-state index >= 15 is 0 Å². The van der Waals surface area contributed by atoms with Gasteiger partial charge in [0, 0.05) is 31.2 Å². The van der Waals surface area contributed by atoms with Gasteiger partial charge in [-0.3, -0.25) is 14.5 Å². The third-order valence-corrected chi connectivity index (χ3v) is 5.96. The number of nitrogens with zero attached hydrogens (tertiary/aromatic N) is 2. The van der Waals surface area contributed by atoms with Crippen molar-refractivity contribution in [3.63, 3.8) is 0 Å². The second kappa shape index (κ2) is 7.91. The zero-order valence-electron chi connectivity index (χ0n) is 18.3. The van der Waals surface area contributed by atoms with E-state index in [4.69, 9.17) is 0 Å². The largest absolute Gasteiger partial charge is 0.378 e. The van der Waals surface area contributed by atoms with Crippen molar-refractivity contribution in [3.05, 3.63) is 89.5 Å². The molecule has 0 saturated carbocycles. The summed E-state index contributed by atoms with van der Waals surface area (Å²) in [6.45, 7) is 3.96.